The fourth-order valence-electron chi connectivity index (χ4n) is 3.36. The molecule has 0 unspecified atom stereocenters. The van der Waals surface area contributed by atoms with Crippen LogP contribution in [0.5, 0.6) is 0 Å². The number of hydrogen-bond donors (Lipinski definition) is 1. The van der Waals surface area contributed by atoms with E-state index in [4.69, 9.17) is 10.5 Å². The second kappa shape index (κ2) is 4.55. The van der Waals surface area contributed by atoms with Crippen LogP contribution in [-0.4, -0.2) is 37.1 Å². The highest BCUT2D eigenvalue weighted by Crippen LogP contribution is 2.50. The molecule has 0 spiro atoms. The van der Waals surface area contributed by atoms with Crippen molar-refractivity contribution in [2.75, 3.05) is 26.3 Å². The zero-order valence-corrected chi connectivity index (χ0v) is 12.3. The number of nitrogens with zero attached hydrogens (tertiary/aromatic N) is 1. The molecule has 2 aliphatic carbocycles. The lowest BCUT2D eigenvalue weighted by Gasteiger charge is -2.30. The van der Waals surface area contributed by atoms with E-state index in [-0.39, 0.29) is 16.9 Å². The second-order valence-electron chi connectivity index (χ2n) is 6.72. The highest BCUT2D eigenvalue weighted by atomic mass is 16.5. The molecule has 1 amide bonds. The Morgan fingerprint density at radius 2 is 1.57 bits per heavy atom. The summed E-state index contributed by atoms with van der Waals surface area (Å²) in [6, 6.07) is 8.48. The molecule has 3 fully saturated rings. The summed E-state index contributed by atoms with van der Waals surface area (Å²) in [6.45, 7) is 2.78. The van der Waals surface area contributed by atoms with Crippen LogP contribution in [0.25, 0.3) is 0 Å². The number of carbonyl (C=O) groups is 1. The van der Waals surface area contributed by atoms with Gasteiger partial charge in [0.2, 0.25) is 5.91 Å². The lowest BCUT2D eigenvalue weighted by Crippen LogP contribution is -2.45. The molecule has 4 nitrogen and oxygen atoms in total. The van der Waals surface area contributed by atoms with E-state index in [0.717, 1.165) is 44.3 Å². The SMILES string of the molecule is NC1(c2ccc(C3(C(=O)N4CCOCC4)CC3)cc2)CC1. The summed E-state index contributed by atoms with van der Waals surface area (Å²) < 4.78 is 5.34. The summed E-state index contributed by atoms with van der Waals surface area (Å²) in [7, 11) is 0. The Kier molecular flexibility index (Phi) is 2.88. The first kappa shape index (κ1) is 13.3. The van der Waals surface area contributed by atoms with Crippen LogP contribution in [0.3, 0.4) is 0 Å². The van der Waals surface area contributed by atoms with Gasteiger partial charge in [-0.2, -0.15) is 0 Å². The minimum Gasteiger partial charge on any atom is -0.378 e. The molecular weight excluding hydrogens is 264 g/mol. The molecule has 3 aliphatic rings. The highest BCUT2D eigenvalue weighted by Gasteiger charge is 2.53. The molecule has 0 atom stereocenters. The first-order valence-electron chi connectivity index (χ1n) is 7.91. The molecule has 1 aliphatic heterocycles. The summed E-state index contributed by atoms with van der Waals surface area (Å²) in [5.41, 5.74) is 8.24. The van der Waals surface area contributed by atoms with Gasteiger partial charge < -0.3 is 15.4 Å². The number of nitrogens with two attached hydrogens (primary N) is 1. The highest BCUT2D eigenvalue weighted by molar-refractivity contribution is 5.91. The molecule has 0 bridgehead atoms. The van der Waals surface area contributed by atoms with Crippen LogP contribution < -0.4 is 5.73 Å². The van der Waals surface area contributed by atoms with Crippen molar-refractivity contribution < 1.29 is 9.53 Å². The van der Waals surface area contributed by atoms with Gasteiger partial charge in [0, 0.05) is 18.6 Å². The Morgan fingerprint density at radius 1 is 1.00 bits per heavy atom. The number of hydrogen-bond acceptors (Lipinski definition) is 3. The van der Waals surface area contributed by atoms with E-state index in [1.807, 2.05) is 4.90 Å². The second-order valence-corrected chi connectivity index (χ2v) is 6.72. The Balaban J connectivity index is 1.55. The lowest BCUT2D eigenvalue weighted by molar-refractivity contribution is -0.138. The van der Waals surface area contributed by atoms with Crippen molar-refractivity contribution in [1.29, 1.82) is 0 Å². The summed E-state index contributed by atoms with van der Waals surface area (Å²) in [4.78, 5) is 14.8. The molecule has 0 aromatic heterocycles. The number of benzene rings is 1. The van der Waals surface area contributed by atoms with Crippen molar-refractivity contribution in [2.45, 2.75) is 36.6 Å². The average Bonchev–Trinajstić information content (AvgIpc) is 3.44. The van der Waals surface area contributed by atoms with E-state index in [0.29, 0.717) is 13.2 Å². The van der Waals surface area contributed by atoms with Gasteiger partial charge in [0.1, 0.15) is 0 Å². The van der Waals surface area contributed by atoms with Gasteiger partial charge in [-0.3, -0.25) is 4.79 Å². The number of morpholine rings is 1. The van der Waals surface area contributed by atoms with Gasteiger partial charge in [-0.25, -0.2) is 0 Å². The third-order valence-electron chi connectivity index (χ3n) is 5.26. The van der Waals surface area contributed by atoms with E-state index in [2.05, 4.69) is 24.3 Å². The van der Waals surface area contributed by atoms with Gasteiger partial charge in [0.05, 0.1) is 18.6 Å². The minimum absolute atomic E-state index is 0.0938. The summed E-state index contributed by atoms with van der Waals surface area (Å²) in [6.07, 6.45) is 4.08. The molecule has 4 rings (SSSR count). The van der Waals surface area contributed by atoms with Crippen molar-refractivity contribution in [2.24, 2.45) is 5.73 Å². The van der Waals surface area contributed by atoms with Gasteiger partial charge >= 0.3 is 0 Å². The molecule has 112 valence electrons. The molecule has 2 N–H and O–H groups in total. The van der Waals surface area contributed by atoms with Gasteiger partial charge in [-0.15, -0.1) is 0 Å². The van der Waals surface area contributed by atoms with Crippen LogP contribution in [-0.2, 0) is 20.5 Å². The fourth-order valence-corrected chi connectivity index (χ4v) is 3.36. The molecule has 1 aromatic carbocycles. The predicted molar refractivity (Wildman–Crippen MR) is 79.9 cm³/mol. The van der Waals surface area contributed by atoms with E-state index in [1.165, 1.54) is 5.56 Å². The number of amides is 1. The monoisotopic (exact) mass is 286 g/mol. The van der Waals surface area contributed by atoms with Gasteiger partial charge in [-0.05, 0) is 36.8 Å². The molecule has 1 saturated heterocycles. The van der Waals surface area contributed by atoms with Crippen LogP contribution in [0, 0.1) is 0 Å². The summed E-state index contributed by atoms with van der Waals surface area (Å²) in [5, 5.41) is 0. The lowest BCUT2D eigenvalue weighted by atomic mass is 9.92. The molecule has 21 heavy (non-hydrogen) atoms. The van der Waals surface area contributed by atoms with Crippen LogP contribution in [0.4, 0.5) is 0 Å². The van der Waals surface area contributed by atoms with Gasteiger partial charge in [0.15, 0.2) is 0 Å². The standard InChI is InChI=1S/C17H22N2O2/c18-17(7-8-17)14-3-1-13(2-4-14)16(5-6-16)15(20)19-9-11-21-12-10-19/h1-4H,5-12,18H2. The number of carbonyl (C=O) groups excluding carboxylic acids is 1. The van der Waals surface area contributed by atoms with Crippen LogP contribution >= 0.6 is 0 Å². The smallest absolute Gasteiger partial charge is 0.233 e. The largest absolute Gasteiger partial charge is 0.378 e. The van der Waals surface area contributed by atoms with Crippen LogP contribution in [0.15, 0.2) is 24.3 Å². The van der Waals surface area contributed by atoms with Gasteiger partial charge in [-0.1, -0.05) is 24.3 Å². The molecule has 0 radical (unpaired) electrons. The Hall–Kier alpha value is -1.39. The fraction of sp³-hybridized carbons (Fsp3) is 0.588. The summed E-state index contributed by atoms with van der Waals surface area (Å²) >= 11 is 0. The molecule has 2 saturated carbocycles. The van der Waals surface area contributed by atoms with Gasteiger partial charge in [0.25, 0.3) is 0 Å². The average molecular weight is 286 g/mol. The maximum Gasteiger partial charge on any atom is 0.233 e. The quantitative estimate of drug-likeness (QED) is 0.916. The van der Waals surface area contributed by atoms with E-state index >= 15 is 0 Å². The molecule has 1 aromatic rings. The number of ether oxygens (including phenoxy) is 1. The van der Waals surface area contributed by atoms with Crippen molar-refractivity contribution >= 4 is 5.91 Å². The Morgan fingerprint density at radius 3 is 2.10 bits per heavy atom. The summed E-state index contributed by atoms with van der Waals surface area (Å²) in [5.74, 6) is 0.285. The van der Waals surface area contributed by atoms with E-state index in [9.17, 15) is 4.79 Å². The normalized spacial score (nSPS) is 25.5. The maximum absolute atomic E-state index is 12.8. The van der Waals surface area contributed by atoms with Crippen LogP contribution in [0.1, 0.15) is 36.8 Å². The zero-order chi connectivity index (χ0) is 14.5. The van der Waals surface area contributed by atoms with Crippen molar-refractivity contribution in [3.63, 3.8) is 0 Å². The number of rotatable bonds is 3. The van der Waals surface area contributed by atoms with Crippen molar-refractivity contribution in [3.8, 4) is 0 Å². The maximum atomic E-state index is 12.8. The van der Waals surface area contributed by atoms with Crippen LogP contribution in [0.2, 0.25) is 0 Å². The Bertz CT molecular complexity index is 553. The topological polar surface area (TPSA) is 55.6 Å². The first-order chi connectivity index (χ1) is 10.1. The Labute approximate surface area is 125 Å². The zero-order valence-electron chi connectivity index (χ0n) is 12.3. The van der Waals surface area contributed by atoms with E-state index in [1.54, 1.807) is 0 Å². The van der Waals surface area contributed by atoms with E-state index < -0.39 is 0 Å². The molecule has 4 heteroatoms. The first-order valence-corrected chi connectivity index (χ1v) is 7.91. The minimum atomic E-state index is -0.263. The van der Waals surface area contributed by atoms with Crippen molar-refractivity contribution in [1.82, 2.24) is 4.90 Å². The molecular formula is C17H22N2O2. The third kappa shape index (κ3) is 2.17. The third-order valence-corrected chi connectivity index (χ3v) is 5.26. The predicted octanol–water partition coefficient (Wildman–Crippen LogP) is 1.52. The van der Waals surface area contributed by atoms with Crippen molar-refractivity contribution in [3.05, 3.63) is 35.4 Å². The molecule has 1 heterocycles.